The summed E-state index contributed by atoms with van der Waals surface area (Å²) in [6.07, 6.45) is 0. The minimum absolute atomic E-state index is 0.111. The Hall–Kier alpha value is -2.15. The number of anilines is 2. The molecule has 5 nitrogen and oxygen atoms in total. The van der Waals surface area contributed by atoms with Crippen LogP contribution >= 0.6 is 11.3 Å². The van der Waals surface area contributed by atoms with Gasteiger partial charge in [-0.25, -0.2) is 9.37 Å². The third-order valence-electron chi connectivity index (χ3n) is 2.63. The normalized spacial score (nSPS) is 10.3. The number of nitrogens with zero attached hydrogens (tertiary/aromatic N) is 2. The molecule has 0 saturated heterocycles. The maximum Gasteiger partial charge on any atom is 0.265 e. The van der Waals surface area contributed by atoms with Gasteiger partial charge >= 0.3 is 0 Å². The molecular formula is C13H15FN4OS. The van der Waals surface area contributed by atoms with Crippen molar-refractivity contribution in [1.29, 1.82) is 0 Å². The summed E-state index contributed by atoms with van der Waals surface area (Å²) in [5, 5.41) is 3.29. The SMILES string of the molecule is CN(C)c1nc(N)c(C(=O)NCc2ccccc2F)s1. The molecule has 1 amide bonds. The van der Waals surface area contributed by atoms with E-state index < -0.39 is 0 Å². The summed E-state index contributed by atoms with van der Waals surface area (Å²) in [5.41, 5.74) is 6.14. The lowest BCUT2D eigenvalue weighted by atomic mass is 10.2. The van der Waals surface area contributed by atoms with Crippen molar-refractivity contribution in [3.8, 4) is 0 Å². The number of amides is 1. The lowest BCUT2D eigenvalue weighted by Gasteiger charge is -2.06. The number of nitrogen functional groups attached to an aromatic ring is 1. The van der Waals surface area contributed by atoms with Crippen molar-refractivity contribution in [2.24, 2.45) is 0 Å². The van der Waals surface area contributed by atoms with Gasteiger partial charge in [-0.15, -0.1) is 0 Å². The zero-order valence-corrected chi connectivity index (χ0v) is 12.0. The Labute approximate surface area is 120 Å². The first kappa shape index (κ1) is 14.3. The predicted molar refractivity (Wildman–Crippen MR) is 78.4 cm³/mol. The van der Waals surface area contributed by atoms with Crippen LogP contribution in [0, 0.1) is 5.82 Å². The third-order valence-corrected chi connectivity index (χ3v) is 3.87. The highest BCUT2D eigenvalue weighted by Crippen LogP contribution is 2.26. The monoisotopic (exact) mass is 294 g/mol. The number of aromatic nitrogens is 1. The summed E-state index contributed by atoms with van der Waals surface area (Å²) >= 11 is 1.20. The van der Waals surface area contributed by atoms with E-state index in [4.69, 9.17) is 5.73 Å². The second kappa shape index (κ2) is 5.87. The average Bonchev–Trinajstić information content (AvgIpc) is 2.80. The Morgan fingerprint density at radius 3 is 2.75 bits per heavy atom. The number of nitrogens with one attached hydrogen (secondary N) is 1. The zero-order valence-electron chi connectivity index (χ0n) is 11.2. The molecule has 0 radical (unpaired) electrons. The molecular weight excluding hydrogens is 279 g/mol. The molecule has 2 aromatic rings. The third kappa shape index (κ3) is 3.05. The molecule has 20 heavy (non-hydrogen) atoms. The van der Waals surface area contributed by atoms with Gasteiger partial charge in [0, 0.05) is 26.2 Å². The molecule has 0 aliphatic heterocycles. The minimum atomic E-state index is -0.351. The van der Waals surface area contributed by atoms with Gasteiger partial charge in [-0.2, -0.15) is 0 Å². The Bertz CT molecular complexity index is 627. The van der Waals surface area contributed by atoms with Gasteiger partial charge in [0.25, 0.3) is 5.91 Å². The summed E-state index contributed by atoms with van der Waals surface area (Å²) in [7, 11) is 3.64. The van der Waals surface area contributed by atoms with Gasteiger partial charge in [0.1, 0.15) is 16.5 Å². The van der Waals surface area contributed by atoms with Crippen LogP contribution in [0.3, 0.4) is 0 Å². The van der Waals surface area contributed by atoms with E-state index in [9.17, 15) is 9.18 Å². The highest BCUT2D eigenvalue weighted by Gasteiger charge is 2.17. The molecule has 3 N–H and O–H groups in total. The van der Waals surface area contributed by atoms with Gasteiger partial charge in [0.05, 0.1) is 0 Å². The first-order valence-electron chi connectivity index (χ1n) is 5.94. The number of hydrogen-bond acceptors (Lipinski definition) is 5. The molecule has 7 heteroatoms. The summed E-state index contributed by atoms with van der Waals surface area (Å²) in [6, 6.07) is 6.30. The van der Waals surface area contributed by atoms with E-state index in [-0.39, 0.29) is 24.1 Å². The molecule has 2 rings (SSSR count). The Morgan fingerprint density at radius 2 is 2.15 bits per heavy atom. The average molecular weight is 294 g/mol. The van der Waals surface area contributed by atoms with E-state index in [1.807, 2.05) is 14.1 Å². The van der Waals surface area contributed by atoms with Crippen LogP contribution in [0.5, 0.6) is 0 Å². The summed E-state index contributed by atoms with van der Waals surface area (Å²) in [6.45, 7) is 0.111. The number of hydrogen-bond donors (Lipinski definition) is 2. The molecule has 106 valence electrons. The van der Waals surface area contributed by atoms with Crippen molar-refractivity contribution >= 4 is 28.2 Å². The number of carbonyl (C=O) groups excluding carboxylic acids is 1. The van der Waals surface area contributed by atoms with Crippen LogP contribution in [-0.2, 0) is 6.54 Å². The van der Waals surface area contributed by atoms with Crippen molar-refractivity contribution in [2.75, 3.05) is 24.7 Å². The first-order valence-corrected chi connectivity index (χ1v) is 6.76. The van der Waals surface area contributed by atoms with Crippen LogP contribution in [0.15, 0.2) is 24.3 Å². The van der Waals surface area contributed by atoms with Crippen molar-refractivity contribution in [1.82, 2.24) is 10.3 Å². The quantitative estimate of drug-likeness (QED) is 0.903. The highest BCUT2D eigenvalue weighted by molar-refractivity contribution is 7.18. The number of benzene rings is 1. The molecule has 0 spiro atoms. The largest absolute Gasteiger partial charge is 0.382 e. The van der Waals surface area contributed by atoms with Crippen LogP contribution in [-0.4, -0.2) is 25.0 Å². The Morgan fingerprint density at radius 1 is 1.45 bits per heavy atom. The number of carbonyl (C=O) groups is 1. The molecule has 0 fully saturated rings. The number of rotatable bonds is 4. The van der Waals surface area contributed by atoms with E-state index in [1.165, 1.54) is 17.4 Å². The smallest absolute Gasteiger partial charge is 0.265 e. The van der Waals surface area contributed by atoms with Crippen molar-refractivity contribution < 1.29 is 9.18 Å². The van der Waals surface area contributed by atoms with E-state index in [0.29, 0.717) is 15.6 Å². The zero-order chi connectivity index (χ0) is 14.7. The van der Waals surface area contributed by atoms with Crippen molar-refractivity contribution in [3.05, 3.63) is 40.5 Å². The topological polar surface area (TPSA) is 71.2 Å². The van der Waals surface area contributed by atoms with Gasteiger partial charge in [0.2, 0.25) is 0 Å². The lowest BCUT2D eigenvalue weighted by molar-refractivity contribution is 0.0955. The van der Waals surface area contributed by atoms with Crippen LogP contribution in [0.1, 0.15) is 15.2 Å². The molecule has 1 aromatic carbocycles. The van der Waals surface area contributed by atoms with E-state index in [0.717, 1.165) is 0 Å². The summed E-state index contributed by atoms with van der Waals surface area (Å²) in [4.78, 5) is 18.2. The maximum atomic E-state index is 13.4. The Kier molecular flexibility index (Phi) is 4.19. The fraction of sp³-hybridized carbons (Fsp3) is 0.231. The number of nitrogens with two attached hydrogens (primary N) is 1. The fourth-order valence-electron chi connectivity index (χ4n) is 1.57. The maximum absolute atomic E-state index is 13.4. The molecule has 0 unspecified atom stereocenters. The predicted octanol–water partition coefficient (Wildman–Crippen LogP) is 1.86. The van der Waals surface area contributed by atoms with Crippen LogP contribution in [0.2, 0.25) is 0 Å². The van der Waals surface area contributed by atoms with Crippen LogP contribution < -0.4 is 16.0 Å². The molecule has 1 heterocycles. The fourth-order valence-corrected chi connectivity index (χ4v) is 2.40. The van der Waals surface area contributed by atoms with Gasteiger partial charge < -0.3 is 16.0 Å². The minimum Gasteiger partial charge on any atom is -0.382 e. The van der Waals surface area contributed by atoms with Gasteiger partial charge in [0.15, 0.2) is 5.13 Å². The second-order valence-electron chi connectivity index (χ2n) is 4.38. The number of halogens is 1. The van der Waals surface area contributed by atoms with Crippen molar-refractivity contribution in [3.63, 3.8) is 0 Å². The van der Waals surface area contributed by atoms with E-state index in [1.54, 1.807) is 23.1 Å². The van der Waals surface area contributed by atoms with E-state index >= 15 is 0 Å². The lowest BCUT2D eigenvalue weighted by Crippen LogP contribution is -2.23. The van der Waals surface area contributed by atoms with Crippen molar-refractivity contribution in [2.45, 2.75) is 6.54 Å². The highest BCUT2D eigenvalue weighted by atomic mass is 32.1. The summed E-state index contributed by atoms with van der Waals surface area (Å²) < 4.78 is 13.4. The van der Waals surface area contributed by atoms with Gasteiger partial charge in [-0.05, 0) is 6.07 Å². The molecule has 0 saturated carbocycles. The van der Waals surface area contributed by atoms with Gasteiger partial charge in [-0.3, -0.25) is 4.79 Å². The standard InChI is InChI=1S/C13H15FN4OS/c1-18(2)13-17-11(15)10(20-13)12(19)16-7-8-5-3-4-6-9(8)14/h3-6H,7,15H2,1-2H3,(H,16,19). The van der Waals surface area contributed by atoms with Crippen LogP contribution in [0.4, 0.5) is 15.3 Å². The number of thiazole rings is 1. The molecule has 1 aromatic heterocycles. The van der Waals surface area contributed by atoms with Crippen LogP contribution in [0.25, 0.3) is 0 Å². The molecule has 0 aliphatic carbocycles. The molecule has 0 aliphatic rings. The van der Waals surface area contributed by atoms with E-state index in [2.05, 4.69) is 10.3 Å². The molecule has 0 atom stereocenters. The molecule has 0 bridgehead atoms. The van der Waals surface area contributed by atoms with Gasteiger partial charge in [-0.1, -0.05) is 29.5 Å². The summed E-state index contributed by atoms with van der Waals surface area (Å²) in [5.74, 6) is -0.514. The second-order valence-corrected chi connectivity index (χ2v) is 5.36. The first-order chi connectivity index (χ1) is 9.49. The Balaban J connectivity index is 2.07.